The lowest BCUT2D eigenvalue weighted by Gasteiger charge is -2.12. The monoisotopic (exact) mass is 421 g/mol. The zero-order chi connectivity index (χ0) is 21.5. The molecule has 0 saturated heterocycles. The van der Waals surface area contributed by atoms with Gasteiger partial charge in [0.2, 0.25) is 5.91 Å². The van der Waals surface area contributed by atoms with Gasteiger partial charge in [0.25, 0.3) is 0 Å². The molecule has 0 unspecified atom stereocenters. The van der Waals surface area contributed by atoms with Crippen molar-refractivity contribution >= 4 is 29.3 Å². The molecule has 0 aliphatic carbocycles. The Labute approximate surface area is 182 Å². The summed E-state index contributed by atoms with van der Waals surface area (Å²) in [6.07, 6.45) is 3.20. The number of hydrogen-bond donors (Lipinski definition) is 1. The average Bonchev–Trinajstić information content (AvgIpc) is 2.74. The second kappa shape index (κ2) is 9.99. The molecule has 154 valence electrons. The third-order valence-electron chi connectivity index (χ3n) is 4.72. The summed E-state index contributed by atoms with van der Waals surface area (Å²) in [5.41, 5.74) is 4.76. The first kappa shape index (κ1) is 21.5. The number of nitrogens with one attached hydrogen (secondary N) is 1. The van der Waals surface area contributed by atoms with Gasteiger partial charge in [-0.05, 0) is 66.4 Å². The number of carbonyl (C=O) groups is 1. The molecule has 0 bridgehead atoms. The molecule has 3 aromatic carbocycles. The highest BCUT2D eigenvalue weighted by Crippen LogP contribution is 2.29. The van der Waals surface area contributed by atoms with Crippen molar-refractivity contribution in [2.75, 3.05) is 12.4 Å². The zero-order valence-corrected chi connectivity index (χ0v) is 18.0. The van der Waals surface area contributed by atoms with Gasteiger partial charge < -0.3 is 14.8 Å². The molecule has 3 aromatic rings. The van der Waals surface area contributed by atoms with Crippen LogP contribution in [-0.2, 0) is 11.4 Å². The Bertz CT molecular complexity index is 1080. The number of anilines is 1. The first-order chi connectivity index (χ1) is 14.5. The number of carbonyl (C=O) groups excluding carboxylic acids is 1. The minimum Gasteiger partial charge on any atom is -0.493 e. The maximum Gasteiger partial charge on any atom is 0.248 e. The molecular formula is C25H24ClNO3. The van der Waals surface area contributed by atoms with Crippen molar-refractivity contribution in [3.05, 3.63) is 94.0 Å². The van der Waals surface area contributed by atoms with Crippen molar-refractivity contribution in [1.29, 1.82) is 0 Å². The van der Waals surface area contributed by atoms with Crippen molar-refractivity contribution in [3.63, 3.8) is 0 Å². The highest BCUT2D eigenvalue weighted by molar-refractivity contribution is 6.31. The van der Waals surface area contributed by atoms with Crippen LogP contribution in [0.3, 0.4) is 0 Å². The van der Waals surface area contributed by atoms with Crippen LogP contribution in [0, 0.1) is 13.8 Å². The van der Waals surface area contributed by atoms with E-state index in [1.54, 1.807) is 25.3 Å². The normalized spacial score (nSPS) is 10.8. The van der Waals surface area contributed by atoms with Gasteiger partial charge >= 0.3 is 0 Å². The predicted octanol–water partition coefficient (Wildman–Crippen LogP) is 6.20. The third kappa shape index (κ3) is 5.65. The summed E-state index contributed by atoms with van der Waals surface area (Å²) in [5.74, 6) is 1.02. The standard InChI is InChI=1S/C25H24ClNO3/c1-17-6-4-5-7-20(17)16-30-23-12-9-19(14-24(23)29-3)10-13-25(28)27-22-15-21(26)11-8-18(22)2/h4-15H,16H2,1-3H3,(H,27,28). The van der Waals surface area contributed by atoms with E-state index in [1.807, 2.05) is 49.4 Å². The van der Waals surface area contributed by atoms with E-state index in [0.717, 1.165) is 16.7 Å². The highest BCUT2D eigenvalue weighted by Gasteiger charge is 2.07. The zero-order valence-electron chi connectivity index (χ0n) is 17.2. The van der Waals surface area contributed by atoms with E-state index in [9.17, 15) is 4.79 Å². The minimum atomic E-state index is -0.237. The summed E-state index contributed by atoms with van der Waals surface area (Å²) in [6.45, 7) is 4.43. The lowest BCUT2D eigenvalue weighted by molar-refractivity contribution is -0.111. The van der Waals surface area contributed by atoms with Gasteiger partial charge in [-0.15, -0.1) is 0 Å². The fraction of sp³-hybridized carbons (Fsp3) is 0.160. The summed E-state index contributed by atoms with van der Waals surface area (Å²) in [5, 5.41) is 3.41. The Morgan fingerprint density at radius 2 is 1.80 bits per heavy atom. The van der Waals surface area contributed by atoms with Crippen molar-refractivity contribution in [2.45, 2.75) is 20.5 Å². The summed E-state index contributed by atoms with van der Waals surface area (Å²) < 4.78 is 11.4. The first-order valence-corrected chi connectivity index (χ1v) is 9.94. The van der Waals surface area contributed by atoms with Crippen LogP contribution in [0.4, 0.5) is 5.69 Å². The van der Waals surface area contributed by atoms with E-state index in [1.165, 1.54) is 11.6 Å². The summed E-state index contributed by atoms with van der Waals surface area (Å²) >= 11 is 6.00. The Kier molecular flexibility index (Phi) is 7.15. The second-order valence-corrected chi connectivity index (χ2v) is 7.34. The van der Waals surface area contributed by atoms with E-state index in [2.05, 4.69) is 18.3 Å². The lowest BCUT2D eigenvalue weighted by atomic mass is 10.1. The van der Waals surface area contributed by atoms with Gasteiger partial charge in [-0.1, -0.05) is 48.0 Å². The van der Waals surface area contributed by atoms with Gasteiger partial charge in [-0.2, -0.15) is 0 Å². The fourth-order valence-corrected chi connectivity index (χ4v) is 3.08. The highest BCUT2D eigenvalue weighted by atomic mass is 35.5. The smallest absolute Gasteiger partial charge is 0.248 e. The molecule has 4 nitrogen and oxygen atoms in total. The van der Waals surface area contributed by atoms with E-state index in [0.29, 0.717) is 28.8 Å². The topological polar surface area (TPSA) is 47.6 Å². The van der Waals surface area contributed by atoms with Crippen LogP contribution in [0.2, 0.25) is 5.02 Å². The number of rotatable bonds is 7. The quantitative estimate of drug-likeness (QED) is 0.462. The molecule has 0 fully saturated rings. The van der Waals surface area contributed by atoms with Crippen molar-refractivity contribution < 1.29 is 14.3 Å². The maximum absolute atomic E-state index is 12.3. The van der Waals surface area contributed by atoms with Crippen LogP contribution < -0.4 is 14.8 Å². The second-order valence-electron chi connectivity index (χ2n) is 6.91. The van der Waals surface area contributed by atoms with Gasteiger partial charge in [0.05, 0.1) is 7.11 Å². The number of aryl methyl sites for hydroxylation is 2. The van der Waals surface area contributed by atoms with Crippen LogP contribution in [0.25, 0.3) is 6.08 Å². The van der Waals surface area contributed by atoms with Gasteiger partial charge in [-0.3, -0.25) is 4.79 Å². The molecule has 0 aliphatic heterocycles. The largest absolute Gasteiger partial charge is 0.493 e. The van der Waals surface area contributed by atoms with Gasteiger partial charge in [0, 0.05) is 16.8 Å². The number of amides is 1. The van der Waals surface area contributed by atoms with Crippen molar-refractivity contribution in [1.82, 2.24) is 0 Å². The third-order valence-corrected chi connectivity index (χ3v) is 4.95. The van der Waals surface area contributed by atoms with Crippen LogP contribution in [-0.4, -0.2) is 13.0 Å². The Balaban J connectivity index is 1.67. The molecule has 5 heteroatoms. The van der Waals surface area contributed by atoms with E-state index >= 15 is 0 Å². The Hall–Kier alpha value is -3.24. The van der Waals surface area contributed by atoms with E-state index in [-0.39, 0.29) is 5.91 Å². The molecule has 0 aliphatic rings. The Morgan fingerprint density at radius 1 is 1.00 bits per heavy atom. The summed E-state index contributed by atoms with van der Waals surface area (Å²) in [6, 6.07) is 19.0. The number of ether oxygens (including phenoxy) is 2. The fourth-order valence-electron chi connectivity index (χ4n) is 2.91. The average molecular weight is 422 g/mol. The lowest BCUT2D eigenvalue weighted by Crippen LogP contribution is -2.08. The van der Waals surface area contributed by atoms with Gasteiger partial charge in [0.1, 0.15) is 6.61 Å². The predicted molar refractivity (Wildman–Crippen MR) is 122 cm³/mol. The van der Waals surface area contributed by atoms with Gasteiger partial charge in [0.15, 0.2) is 11.5 Å². The van der Waals surface area contributed by atoms with Crippen LogP contribution in [0.5, 0.6) is 11.5 Å². The molecular weight excluding hydrogens is 398 g/mol. The SMILES string of the molecule is COc1cc(C=CC(=O)Nc2cc(Cl)ccc2C)ccc1OCc1ccccc1C. The van der Waals surface area contributed by atoms with Crippen molar-refractivity contribution in [3.8, 4) is 11.5 Å². The molecule has 1 amide bonds. The van der Waals surface area contributed by atoms with Crippen LogP contribution in [0.15, 0.2) is 66.7 Å². The molecule has 3 rings (SSSR count). The Morgan fingerprint density at radius 3 is 2.57 bits per heavy atom. The maximum atomic E-state index is 12.3. The number of benzene rings is 3. The molecule has 0 radical (unpaired) electrons. The molecule has 1 N–H and O–H groups in total. The van der Waals surface area contributed by atoms with Crippen molar-refractivity contribution in [2.24, 2.45) is 0 Å². The van der Waals surface area contributed by atoms with E-state index < -0.39 is 0 Å². The molecule has 0 saturated carbocycles. The number of hydrogen-bond acceptors (Lipinski definition) is 3. The molecule has 30 heavy (non-hydrogen) atoms. The van der Waals surface area contributed by atoms with E-state index in [4.69, 9.17) is 21.1 Å². The van der Waals surface area contributed by atoms with Crippen LogP contribution in [0.1, 0.15) is 22.3 Å². The van der Waals surface area contributed by atoms with Gasteiger partial charge in [-0.25, -0.2) is 0 Å². The minimum absolute atomic E-state index is 0.237. The molecule has 0 atom stereocenters. The number of halogens is 1. The number of methoxy groups -OCH3 is 1. The van der Waals surface area contributed by atoms with Crippen LogP contribution >= 0.6 is 11.6 Å². The first-order valence-electron chi connectivity index (χ1n) is 9.57. The molecule has 0 heterocycles. The summed E-state index contributed by atoms with van der Waals surface area (Å²) in [7, 11) is 1.60. The molecule has 0 spiro atoms. The molecule has 0 aromatic heterocycles. The summed E-state index contributed by atoms with van der Waals surface area (Å²) in [4.78, 5) is 12.3.